The van der Waals surface area contributed by atoms with Crippen LogP contribution in [0.4, 0.5) is 0 Å². The van der Waals surface area contributed by atoms with Crippen LogP contribution in [0.1, 0.15) is 18.9 Å². The number of nitrogens with one attached hydrogen (secondary N) is 1. The molecule has 1 N–H and O–H groups in total. The minimum atomic E-state index is 0.171. The van der Waals surface area contributed by atoms with E-state index in [1.165, 1.54) is 0 Å². The molecule has 0 saturated carbocycles. The number of ether oxygens (including phenoxy) is 1. The molecule has 16 heavy (non-hydrogen) atoms. The van der Waals surface area contributed by atoms with Crippen LogP contribution in [0.5, 0.6) is 5.75 Å². The van der Waals surface area contributed by atoms with Crippen LogP contribution in [0, 0.1) is 0 Å². The SMILES string of the molecule is CCC(Cl)CNCc1cc(Cl)ccc1OC. The Kier molecular flexibility index (Phi) is 5.96. The van der Waals surface area contributed by atoms with E-state index in [2.05, 4.69) is 12.2 Å². The maximum Gasteiger partial charge on any atom is 0.123 e. The van der Waals surface area contributed by atoms with Gasteiger partial charge in [-0.1, -0.05) is 18.5 Å². The molecule has 0 fully saturated rings. The van der Waals surface area contributed by atoms with Gasteiger partial charge in [-0.25, -0.2) is 0 Å². The molecule has 1 rings (SSSR count). The van der Waals surface area contributed by atoms with Crippen molar-refractivity contribution in [3.05, 3.63) is 28.8 Å². The number of halogens is 2. The van der Waals surface area contributed by atoms with Crippen LogP contribution < -0.4 is 10.1 Å². The monoisotopic (exact) mass is 261 g/mol. The van der Waals surface area contributed by atoms with Gasteiger partial charge in [0.1, 0.15) is 5.75 Å². The fraction of sp³-hybridized carbons (Fsp3) is 0.500. The third-order valence-electron chi connectivity index (χ3n) is 2.37. The molecule has 0 radical (unpaired) electrons. The molecule has 0 bridgehead atoms. The molecule has 0 aromatic heterocycles. The van der Waals surface area contributed by atoms with Gasteiger partial charge in [0.05, 0.1) is 7.11 Å². The topological polar surface area (TPSA) is 21.3 Å². The lowest BCUT2D eigenvalue weighted by molar-refractivity contribution is 0.407. The zero-order valence-corrected chi connectivity index (χ0v) is 11.1. The van der Waals surface area contributed by atoms with Gasteiger partial charge in [0.2, 0.25) is 0 Å². The van der Waals surface area contributed by atoms with Crippen molar-refractivity contribution in [1.29, 1.82) is 0 Å². The van der Waals surface area contributed by atoms with E-state index in [0.29, 0.717) is 6.54 Å². The highest BCUT2D eigenvalue weighted by atomic mass is 35.5. The Morgan fingerprint density at radius 1 is 1.44 bits per heavy atom. The van der Waals surface area contributed by atoms with E-state index in [1.54, 1.807) is 7.11 Å². The van der Waals surface area contributed by atoms with Crippen LogP contribution in [-0.4, -0.2) is 19.0 Å². The number of benzene rings is 1. The third kappa shape index (κ3) is 4.20. The van der Waals surface area contributed by atoms with Crippen LogP contribution >= 0.6 is 23.2 Å². The number of alkyl halides is 1. The minimum absolute atomic E-state index is 0.171. The Bertz CT molecular complexity index is 331. The smallest absolute Gasteiger partial charge is 0.123 e. The molecule has 4 heteroatoms. The number of hydrogen-bond donors (Lipinski definition) is 1. The summed E-state index contributed by atoms with van der Waals surface area (Å²) in [6, 6.07) is 5.60. The first-order valence-corrected chi connectivity index (χ1v) is 6.16. The van der Waals surface area contributed by atoms with Crippen molar-refractivity contribution in [2.45, 2.75) is 25.3 Å². The first kappa shape index (κ1) is 13.6. The fourth-order valence-corrected chi connectivity index (χ4v) is 1.70. The van der Waals surface area contributed by atoms with Gasteiger partial charge in [-0.05, 0) is 24.6 Å². The summed E-state index contributed by atoms with van der Waals surface area (Å²) in [6.45, 7) is 3.57. The average Bonchev–Trinajstić information content (AvgIpc) is 2.29. The van der Waals surface area contributed by atoms with Crippen LogP contribution in [0.25, 0.3) is 0 Å². The predicted octanol–water partition coefficient (Wildman–Crippen LogP) is 3.46. The molecule has 90 valence electrons. The molecule has 1 aromatic carbocycles. The first-order valence-electron chi connectivity index (χ1n) is 5.34. The van der Waals surface area contributed by atoms with E-state index >= 15 is 0 Å². The Morgan fingerprint density at radius 2 is 2.19 bits per heavy atom. The van der Waals surface area contributed by atoms with Crippen molar-refractivity contribution < 1.29 is 4.74 Å². The summed E-state index contributed by atoms with van der Waals surface area (Å²) < 4.78 is 5.25. The van der Waals surface area contributed by atoms with E-state index in [-0.39, 0.29) is 5.38 Å². The Hall–Kier alpha value is -0.440. The Balaban J connectivity index is 2.55. The van der Waals surface area contributed by atoms with Crippen LogP contribution in [0.15, 0.2) is 18.2 Å². The molecular weight excluding hydrogens is 245 g/mol. The standard InChI is InChI=1S/C12H17Cl2NO/c1-3-10(13)8-15-7-9-6-11(14)4-5-12(9)16-2/h4-6,10,15H,3,7-8H2,1-2H3. The second kappa shape index (κ2) is 7.00. The van der Waals surface area contributed by atoms with Gasteiger partial charge in [0, 0.05) is 29.1 Å². The lowest BCUT2D eigenvalue weighted by atomic mass is 10.2. The van der Waals surface area contributed by atoms with Crippen LogP contribution in [0.3, 0.4) is 0 Å². The molecule has 0 amide bonds. The van der Waals surface area contributed by atoms with Crippen molar-refractivity contribution >= 4 is 23.2 Å². The normalized spacial score (nSPS) is 12.5. The van der Waals surface area contributed by atoms with E-state index in [9.17, 15) is 0 Å². The minimum Gasteiger partial charge on any atom is -0.496 e. The maximum absolute atomic E-state index is 6.02. The maximum atomic E-state index is 6.02. The molecule has 1 aromatic rings. The van der Waals surface area contributed by atoms with Gasteiger partial charge >= 0.3 is 0 Å². The van der Waals surface area contributed by atoms with Crippen molar-refractivity contribution in [3.63, 3.8) is 0 Å². The summed E-state index contributed by atoms with van der Waals surface area (Å²) >= 11 is 11.9. The molecular formula is C12H17Cl2NO. The molecule has 0 aliphatic carbocycles. The summed E-state index contributed by atoms with van der Waals surface area (Å²) in [6.07, 6.45) is 0.960. The van der Waals surface area contributed by atoms with Gasteiger partial charge in [0.25, 0.3) is 0 Å². The Morgan fingerprint density at radius 3 is 2.81 bits per heavy atom. The summed E-state index contributed by atoms with van der Waals surface area (Å²) in [5.41, 5.74) is 1.05. The largest absolute Gasteiger partial charge is 0.496 e. The summed E-state index contributed by atoms with van der Waals surface area (Å²) in [7, 11) is 1.66. The highest BCUT2D eigenvalue weighted by Gasteiger charge is 2.05. The van der Waals surface area contributed by atoms with E-state index in [4.69, 9.17) is 27.9 Å². The molecule has 2 nitrogen and oxygen atoms in total. The quantitative estimate of drug-likeness (QED) is 0.793. The zero-order valence-electron chi connectivity index (χ0n) is 9.59. The molecule has 0 saturated heterocycles. The average molecular weight is 262 g/mol. The van der Waals surface area contributed by atoms with Crippen molar-refractivity contribution in [3.8, 4) is 5.75 Å². The number of hydrogen-bond acceptors (Lipinski definition) is 2. The van der Waals surface area contributed by atoms with Crippen molar-refractivity contribution in [2.75, 3.05) is 13.7 Å². The molecule has 1 unspecified atom stereocenters. The van der Waals surface area contributed by atoms with E-state index in [1.807, 2.05) is 18.2 Å². The first-order chi connectivity index (χ1) is 7.67. The second-order valence-electron chi connectivity index (χ2n) is 3.59. The molecule has 0 heterocycles. The zero-order chi connectivity index (χ0) is 12.0. The molecule has 0 spiro atoms. The van der Waals surface area contributed by atoms with E-state index < -0.39 is 0 Å². The lowest BCUT2D eigenvalue weighted by Crippen LogP contribution is -2.22. The van der Waals surface area contributed by atoms with Gasteiger partial charge in [0.15, 0.2) is 0 Å². The third-order valence-corrected chi connectivity index (χ3v) is 3.06. The van der Waals surface area contributed by atoms with Crippen molar-refractivity contribution in [1.82, 2.24) is 5.32 Å². The van der Waals surface area contributed by atoms with Gasteiger partial charge in [-0.3, -0.25) is 0 Å². The van der Waals surface area contributed by atoms with E-state index in [0.717, 1.165) is 29.3 Å². The van der Waals surface area contributed by atoms with Crippen molar-refractivity contribution in [2.24, 2.45) is 0 Å². The highest BCUT2D eigenvalue weighted by Crippen LogP contribution is 2.22. The lowest BCUT2D eigenvalue weighted by Gasteiger charge is -2.11. The fourth-order valence-electron chi connectivity index (χ4n) is 1.39. The molecule has 0 aliphatic heterocycles. The van der Waals surface area contributed by atoms with Gasteiger partial charge < -0.3 is 10.1 Å². The summed E-state index contributed by atoms with van der Waals surface area (Å²) in [5, 5.41) is 4.17. The summed E-state index contributed by atoms with van der Waals surface area (Å²) in [4.78, 5) is 0. The van der Waals surface area contributed by atoms with Crippen LogP contribution in [-0.2, 0) is 6.54 Å². The summed E-state index contributed by atoms with van der Waals surface area (Å²) in [5.74, 6) is 0.847. The number of rotatable bonds is 6. The Labute approximate surface area is 107 Å². The molecule has 1 atom stereocenters. The highest BCUT2D eigenvalue weighted by molar-refractivity contribution is 6.30. The predicted molar refractivity (Wildman–Crippen MR) is 69.6 cm³/mol. The van der Waals surface area contributed by atoms with Gasteiger partial charge in [-0.2, -0.15) is 0 Å². The number of methoxy groups -OCH3 is 1. The van der Waals surface area contributed by atoms with Crippen LogP contribution in [0.2, 0.25) is 5.02 Å². The molecule has 0 aliphatic rings. The van der Waals surface area contributed by atoms with Gasteiger partial charge in [-0.15, -0.1) is 11.6 Å². The second-order valence-corrected chi connectivity index (χ2v) is 4.65.